The average Bonchev–Trinajstić information content (AvgIpc) is 3.55. The molecule has 2 aliphatic rings. The van der Waals surface area contributed by atoms with Crippen molar-refractivity contribution in [1.82, 2.24) is 24.3 Å². The highest BCUT2D eigenvalue weighted by Crippen LogP contribution is 2.32. The van der Waals surface area contributed by atoms with Gasteiger partial charge in [-0.1, -0.05) is 0 Å². The van der Waals surface area contributed by atoms with Gasteiger partial charge in [-0.15, -0.1) is 0 Å². The minimum absolute atomic E-state index is 0.156. The van der Waals surface area contributed by atoms with Crippen LogP contribution < -0.4 is 4.90 Å². The first-order valence-electron chi connectivity index (χ1n) is 12.7. The van der Waals surface area contributed by atoms with Crippen LogP contribution in [-0.2, 0) is 0 Å². The van der Waals surface area contributed by atoms with E-state index in [1.165, 1.54) is 25.5 Å². The van der Waals surface area contributed by atoms with Gasteiger partial charge in [-0.25, -0.2) is 23.7 Å². The van der Waals surface area contributed by atoms with Crippen LogP contribution in [0.4, 0.5) is 14.6 Å². The Kier molecular flexibility index (Phi) is 5.18. The fourth-order valence-corrected chi connectivity index (χ4v) is 5.89. The number of nitrogens with zero attached hydrogens (tertiary/aromatic N) is 6. The van der Waals surface area contributed by atoms with Gasteiger partial charge in [0.15, 0.2) is 5.82 Å². The first-order valence-corrected chi connectivity index (χ1v) is 12.7. The Balaban J connectivity index is 1.21. The summed E-state index contributed by atoms with van der Waals surface area (Å²) in [6.45, 7) is 6.21. The van der Waals surface area contributed by atoms with Crippen LogP contribution in [0, 0.1) is 18.6 Å². The van der Waals surface area contributed by atoms with Gasteiger partial charge < -0.3 is 4.90 Å². The predicted molar refractivity (Wildman–Crippen MR) is 141 cm³/mol. The highest BCUT2D eigenvalue weighted by atomic mass is 19.1. The minimum atomic E-state index is -0.669. The highest BCUT2D eigenvalue weighted by molar-refractivity contribution is 5.94. The summed E-state index contributed by atoms with van der Waals surface area (Å²) < 4.78 is 30.5. The largest absolute Gasteiger partial charge is 0.354 e. The van der Waals surface area contributed by atoms with Gasteiger partial charge in [-0.2, -0.15) is 0 Å². The van der Waals surface area contributed by atoms with Crippen molar-refractivity contribution in [3.8, 4) is 22.4 Å². The first kappa shape index (κ1) is 22.3. The van der Waals surface area contributed by atoms with E-state index >= 15 is 0 Å². The molecule has 2 aliphatic heterocycles. The Hall–Kier alpha value is -3.91. The lowest BCUT2D eigenvalue weighted by atomic mass is 10.0. The Morgan fingerprint density at radius 3 is 2.70 bits per heavy atom. The first-order chi connectivity index (χ1) is 18.0. The maximum absolute atomic E-state index is 14.5. The van der Waals surface area contributed by atoms with Crippen LogP contribution in [-0.4, -0.2) is 56.5 Å². The molecule has 1 aromatic carbocycles. The summed E-state index contributed by atoms with van der Waals surface area (Å²) in [5, 5.41) is 0.423. The molecule has 0 amide bonds. The van der Waals surface area contributed by atoms with E-state index in [1.807, 2.05) is 35.0 Å². The van der Waals surface area contributed by atoms with Crippen molar-refractivity contribution < 1.29 is 8.78 Å². The molecule has 6 nitrogen and oxygen atoms in total. The molecular formula is C29H26F2N6. The zero-order valence-electron chi connectivity index (χ0n) is 20.5. The zero-order chi connectivity index (χ0) is 25.1. The van der Waals surface area contributed by atoms with Crippen LogP contribution in [0.1, 0.15) is 18.5 Å². The summed E-state index contributed by atoms with van der Waals surface area (Å²) >= 11 is 0. The van der Waals surface area contributed by atoms with Crippen molar-refractivity contribution >= 4 is 22.4 Å². The van der Waals surface area contributed by atoms with Crippen molar-refractivity contribution in [2.24, 2.45) is 0 Å². The number of hydrogen-bond acceptors (Lipinski definition) is 5. The monoisotopic (exact) mass is 496 g/mol. The van der Waals surface area contributed by atoms with Gasteiger partial charge in [0.05, 0.1) is 11.9 Å². The van der Waals surface area contributed by atoms with Gasteiger partial charge in [0.1, 0.15) is 22.8 Å². The van der Waals surface area contributed by atoms with E-state index in [-0.39, 0.29) is 5.52 Å². The molecule has 0 aliphatic carbocycles. The van der Waals surface area contributed by atoms with Crippen LogP contribution in [0.25, 0.3) is 38.9 Å². The molecule has 0 radical (unpaired) electrons. The van der Waals surface area contributed by atoms with Gasteiger partial charge in [-0.3, -0.25) is 9.30 Å². The van der Waals surface area contributed by atoms with E-state index < -0.39 is 11.6 Å². The number of rotatable bonds is 3. The smallest absolute Gasteiger partial charge is 0.152 e. The van der Waals surface area contributed by atoms with E-state index in [4.69, 9.17) is 4.98 Å². The third-order valence-electron chi connectivity index (χ3n) is 7.74. The summed E-state index contributed by atoms with van der Waals surface area (Å²) in [5.74, 6) is -0.273. The number of anilines is 1. The molecule has 37 heavy (non-hydrogen) atoms. The van der Waals surface area contributed by atoms with Gasteiger partial charge in [-0.05, 0) is 68.3 Å². The summed E-state index contributed by atoms with van der Waals surface area (Å²) in [6, 6.07) is 12.9. The standard InChI is InChI=1S/C29H26F2N6/c1-18-11-23(24-13-21(30)14-25(31)29(24)34-18)26-16-33-28-12-19(6-8-37(26)28)20-4-5-27(32-15-20)36-10-9-35-7-2-3-22(35)17-36/h4-6,8,11-16,22H,2-3,7,9-10,17H2,1H3. The molecular weight excluding hydrogens is 470 g/mol. The van der Waals surface area contributed by atoms with Crippen molar-refractivity contribution in [2.45, 2.75) is 25.8 Å². The molecule has 1 unspecified atom stereocenters. The molecule has 0 bridgehead atoms. The van der Waals surface area contributed by atoms with Crippen LogP contribution in [0.15, 0.2) is 61.1 Å². The summed E-state index contributed by atoms with van der Waals surface area (Å²) in [7, 11) is 0. The Morgan fingerprint density at radius 2 is 1.84 bits per heavy atom. The predicted octanol–water partition coefficient (Wildman–Crippen LogP) is 5.48. The van der Waals surface area contributed by atoms with E-state index in [0.29, 0.717) is 22.7 Å². The fourth-order valence-electron chi connectivity index (χ4n) is 5.89. The quantitative estimate of drug-likeness (QED) is 0.331. The van der Waals surface area contributed by atoms with Crippen molar-refractivity contribution in [3.63, 3.8) is 0 Å². The molecule has 7 rings (SSSR count). The lowest BCUT2D eigenvalue weighted by Gasteiger charge is -2.38. The van der Waals surface area contributed by atoms with E-state index in [9.17, 15) is 8.78 Å². The molecule has 8 heteroatoms. The Labute approximate surface area is 213 Å². The number of imidazole rings is 1. The second-order valence-corrected chi connectivity index (χ2v) is 10.1. The molecule has 0 saturated carbocycles. The number of piperazine rings is 1. The van der Waals surface area contributed by atoms with E-state index in [1.54, 1.807) is 13.1 Å². The molecule has 1 atom stereocenters. The number of fused-ring (bicyclic) bond motifs is 3. The van der Waals surface area contributed by atoms with Crippen molar-refractivity contribution in [1.29, 1.82) is 0 Å². The van der Waals surface area contributed by atoms with Crippen LogP contribution in [0.2, 0.25) is 0 Å². The summed E-state index contributed by atoms with van der Waals surface area (Å²) in [5.41, 5.74) is 5.02. The Morgan fingerprint density at radius 1 is 0.919 bits per heavy atom. The second-order valence-electron chi connectivity index (χ2n) is 10.1. The number of halogens is 2. The lowest BCUT2D eigenvalue weighted by Crippen LogP contribution is -2.50. The van der Waals surface area contributed by atoms with Crippen LogP contribution >= 0.6 is 0 Å². The highest BCUT2D eigenvalue weighted by Gasteiger charge is 2.30. The maximum atomic E-state index is 14.5. The fraction of sp³-hybridized carbons (Fsp3) is 0.276. The number of aromatic nitrogens is 4. The molecule has 186 valence electrons. The average molecular weight is 497 g/mol. The van der Waals surface area contributed by atoms with Crippen LogP contribution in [0.5, 0.6) is 0 Å². The lowest BCUT2D eigenvalue weighted by molar-refractivity contribution is 0.230. The maximum Gasteiger partial charge on any atom is 0.152 e. The number of pyridine rings is 3. The Bertz CT molecular complexity index is 1640. The molecule has 0 N–H and O–H groups in total. The van der Waals surface area contributed by atoms with Crippen LogP contribution in [0.3, 0.4) is 0 Å². The van der Waals surface area contributed by atoms with E-state index in [0.717, 1.165) is 54.0 Å². The third kappa shape index (κ3) is 3.83. The molecule has 2 fully saturated rings. The van der Waals surface area contributed by atoms with Gasteiger partial charge in [0, 0.05) is 66.3 Å². The molecule has 6 heterocycles. The number of benzene rings is 1. The molecule has 5 aromatic rings. The third-order valence-corrected chi connectivity index (χ3v) is 7.74. The molecule has 4 aromatic heterocycles. The van der Waals surface area contributed by atoms with Crippen molar-refractivity contribution in [2.75, 3.05) is 31.1 Å². The molecule has 0 spiro atoms. The van der Waals surface area contributed by atoms with Gasteiger partial charge in [0.2, 0.25) is 0 Å². The van der Waals surface area contributed by atoms with E-state index in [2.05, 4.69) is 31.9 Å². The normalized spacial score (nSPS) is 18.1. The number of hydrogen-bond donors (Lipinski definition) is 0. The zero-order valence-corrected chi connectivity index (χ0v) is 20.5. The summed E-state index contributed by atoms with van der Waals surface area (Å²) in [4.78, 5) is 18.7. The van der Waals surface area contributed by atoms with Crippen molar-refractivity contribution in [3.05, 3.63) is 78.4 Å². The SMILES string of the molecule is Cc1cc(-c2cnc3cc(-c4ccc(N5CCN6CCCC6C5)nc4)ccn23)c2cc(F)cc(F)c2n1. The number of aryl methyl sites for hydroxylation is 1. The second kappa shape index (κ2) is 8.59. The summed E-state index contributed by atoms with van der Waals surface area (Å²) in [6.07, 6.45) is 8.18. The van der Waals surface area contributed by atoms with Gasteiger partial charge >= 0.3 is 0 Å². The molecule has 2 saturated heterocycles. The van der Waals surface area contributed by atoms with Gasteiger partial charge in [0.25, 0.3) is 0 Å². The topological polar surface area (TPSA) is 49.6 Å². The minimum Gasteiger partial charge on any atom is -0.354 e.